The zero-order valence-electron chi connectivity index (χ0n) is 12.2. The minimum absolute atomic E-state index is 0.0205. The van der Waals surface area contributed by atoms with Gasteiger partial charge >= 0.3 is 0 Å². The number of nitro groups is 1. The largest absolute Gasteiger partial charge is 0.387 e. The van der Waals surface area contributed by atoms with E-state index in [0.717, 1.165) is 13.0 Å². The number of nitrogens with zero attached hydrogens (tertiary/aromatic N) is 1. The second kappa shape index (κ2) is 10.2. The molecule has 118 valence electrons. The lowest BCUT2D eigenvalue weighted by molar-refractivity contribution is -0.384. The zero-order valence-corrected chi connectivity index (χ0v) is 12.2. The van der Waals surface area contributed by atoms with Gasteiger partial charge in [-0.25, -0.2) is 0 Å². The van der Waals surface area contributed by atoms with E-state index >= 15 is 0 Å². The summed E-state index contributed by atoms with van der Waals surface area (Å²) in [5.74, 6) is 0. The number of non-ortho nitro benzene ring substituents is 1. The number of hydrogen-bond donors (Lipinski definition) is 2. The third-order valence-electron chi connectivity index (χ3n) is 2.90. The SMILES string of the molecule is COCCOCCCNCC(O)c1ccc([N+](=O)[O-])cc1. The molecule has 1 atom stereocenters. The van der Waals surface area contributed by atoms with Crippen LogP contribution in [0.2, 0.25) is 0 Å². The molecule has 2 N–H and O–H groups in total. The number of ether oxygens (including phenoxy) is 2. The van der Waals surface area contributed by atoms with Crippen molar-refractivity contribution in [3.63, 3.8) is 0 Å². The lowest BCUT2D eigenvalue weighted by Gasteiger charge is -2.12. The first-order chi connectivity index (χ1) is 10.1. The van der Waals surface area contributed by atoms with E-state index in [4.69, 9.17) is 9.47 Å². The Labute approximate surface area is 124 Å². The molecule has 1 aromatic carbocycles. The van der Waals surface area contributed by atoms with E-state index in [0.29, 0.717) is 31.9 Å². The van der Waals surface area contributed by atoms with Gasteiger partial charge in [0.25, 0.3) is 5.69 Å². The second-order valence-electron chi connectivity index (χ2n) is 4.53. The summed E-state index contributed by atoms with van der Waals surface area (Å²) in [4.78, 5) is 10.1. The van der Waals surface area contributed by atoms with Crippen molar-refractivity contribution in [2.75, 3.05) is 40.0 Å². The summed E-state index contributed by atoms with van der Waals surface area (Å²) in [6, 6.07) is 5.92. The predicted octanol–water partition coefficient (Wildman–Crippen LogP) is 1.27. The smallest absolute Gasteiger partial charge is 0.269 e. The number of aliphatic hydroxyl groups excluding tert-OH is 1. The minimum Gasteiger partial charge on any atom is -0.387 e. The molecule has 0 aliphatic rings. The first kappa shape index (κ1) is 17.5. The highest BCUT2D eigenvalue weighted by molar-refractivity contribution is 5.33. The van der Waals surface area contributed by atoms with Crippen molar-refractivity contribution in [2.45, 2.75) is 12.5 Å². The van der Waals surface area contributed by atoms with Crippen LogP contribution in [0.15, 0.2) is 24.3 Å². The Balaban J connectivity index is 2.15. The molecule has 0 bridgehead atoms. The summed E-state index contributed by atoms with van der Waals surface area (Å²) in [6.07, 6.45) is 0.164. The Morgan fingerprint density at radius 3 is 2.62 bits per heavy atom. The Kier molecular flexibility index (Phi) is 8.53. The lowest BCUT2D eigenvalue weighted by atomic mass is 10.1. The van der Waals surface area contributed by atoms with Gasteiger partial charge in [0.05, 0.1) is 24.2 Å². The van der Waals surface area contributed by atoms with Gasteiger partial charge in [-0.1, -0.05) is 0 Å². The van der Waals surface area contributed by atoms with Gasteiger partial charge in [-0.15, -0.1) is 0 Å². The summed E-state index contributed by atoms with van der Waals surface area (Å²) in [6.45, 7) is 2.95. The third-order valence-corrected chi connectivity index (χ3v) is 2.90. The van der Waals surface area contributed by atoms with Gasteiger partial charge in [0.15, 0.2) is 0 Å². The third kappa shape index (κ3) is 7.14. The molecule has 0 fully saturated rings. The summed E-state index contributed by atoms with van der Waals surface area (Å²) < 4.78 is 10.2. The number of rotatable bonds is 11. The van der Waals surface area contributed by atoms with Crippen LogP contribution in [0.1, 0.15) is 18.1 Å². The van der Waals surface area contributed by atoms with E-state index in [9.17, 15) is 15.2 Å². The molecule has 0 radical (unpaired) electrons. The van der Waals surface area contributed by atoms with E-state index in [1.54, 1.807) is 19.2 Å². The molecule has 0 aliphatic carbocycles. The molecule has 1 unspecified atom stereocenters. The number of benzene rings is 1. The van der Waals surface area contributed by atoms with Gasteiger partial charge in [-0.05, 0) is 30.7 Å². The fraction of sp³-hybridized carbons (Fsp3) is 0.571. The van der Waals surface area contributed by atoms with Crippen LogP contribution in [0.4, 0.5) is 5.69 Å². The van der Waals surface area contributed by atoms with Crippen LogP contribution in [0.25, 0.3) is 0 Å². The van der Waals surface area contributed by atoms with Gasteiger partial charge in [0.1, 0.15) is 0 Å². The fourth-order valence-electron chi connectivity index (χ4n) is 1.72. The highest BCUT2D eigenvalue weighted by Gasteiger charge is 2.09. The van der Waals surface area contributed by atoms with E-state index in [-0.39, 0.29) is 5.69 Å². The van der Waals surface area contributed by atoms with Crippen molar-refractivity contribution in [3.05, 3.63) is 39.9 Å². The Bertz CT molecular complexity index is 410. The number of methoxy groups -OCH3 is 1. The van der Waals surface area contributed by atoms with Crippen LogP contribution >= 0.6 is 0 Å². The average molecular weight is 298 g/mol. The number of nitro benzene ring substituents is 1. The second-order valence-corrected chi connectivity index (χ2v) is 4.53. The quantitative estimate of drug-likeness (QED) is 0.363. The molecular formula is C14H22N2O5. The fourth-order valence-corrected chi connectivity index (χ4v) is 1.72. The number of hydrogen-bond acceptors (Lipinski definition) is 6. The molecule has 1 rings (SSSR count). The van der Waals surface area contributed by atoms with Gasteiger partial charge in [0.2, 0.25) is 0 Å². The van der Waals surface area contributed by atoms with E-state index in [1.165, 1.54) is 12.1 Å². The molecule has 0 heterocycles. The van der Waals surface area contributed by atoms with Crippen LogP contribution in [-0.4, -0.2) is 50.0 Å². The van der Waals surface area contributed by atoms with Gasteiger partial charge in [0, 0.05) is 32.4 Å². The Morgan fingerprint density at radius 1 is 1.29 bits per heavy atom. The van der Waals surface area contributed by atoms with Gasteiger partial charge < -0.3 is 19.9 Å². The molecule has 7 heteroatoms. The van der Waals surface area contributed by atoms with Crippen molar-refractivity contribution < 1.29 is 19.5 Å². The highest BCUT2D eigenvalue weighted by Crippen LogP contribution is 2.17. The molecule has 7 nitrogen and oxygen atoms in total. The van der Waals surface area contributed by atoms with Crippen LogP contribution in [0, 0.1) is 10.1 Å². The molecule has 0 aromatic heterocycles. The molecule has 0 amide bonds. The maximum Gasteiger partial charge on any atom is 0.269 e. The van der Waals surface area contributed by atoms with E-state index in [2.05, 4.69) is 5.32 Å². The molecule has 0 saturated heterocycles. The highest BCUT2D eigenvalue weighted by atomic mass is 16.6. The topological polar surface area (TPSA) is 93.9 Å². The number of nitrogens with one attached hydrogen (secondary N) is 1. The summed E-state index contributed by atoms with van der Waals surface area (Å²) in [5.41, 5.74) is 0.677. The lowest BCUT2D eigenvalue weighted by Crippen LogP contribution is -2.23. The van der Waals surface area contributed by atoms with Crippen molar-refractivity contribution in [2.24, 2.45) is 0 Å². The average Bonchev–Trinajstić information content (AvgIpc) is 2.49. The monoisotopic (exact) mass is 298 g/mol. The van der Waals surface area contributed by atoms with Crippen molar-refractivity contribution >= 4 is 5.69 Å². The van der Waals surface area contributed by atoms with Crippen molar-refractivity contribution in [1.29, 1.82) is 0 Å². The van der Waals surface area contributed by atoms with E-state index in [1.807, 2.05) is 0 Å². The van der Waals surface area contributed by atoms with Crippen LogP contribution in [0.3, 0.4) is 0 Å². The Morgan fingerprint density at radius 2 is 2.00 bits per heavy atom. The summed E-state index contributed by atoms with van der Waals surface area (Å²) in [5, 5.41) is 23.6. The van der Waals surface area contributed by atoms with Crippen LogP contribution < -0.4 is 5.32 Å². The summed E-state index contributed by atoms with van der Waals surface area (Å²) >= 11 is 0. The van der Waals surface area contributed by atoms with Gasteiger partial charge in [-0.2, -0.15) is 0 Å². The standard InChI is InChI=1S/C14H22N2O5/c1-20-9-10-21-8-2-7-15-11-14(17)12-3-5-13(6-4-12)16(18)19/h3-6,14-15,17H,2,7-11H2,1H3. The molecule has 21 heavy (non-hydrogen) atoms. The minimum atomic E-state index is -0.680. The Hall–Kier alpha value is -1.54. The normalized spacial score (nSPS) is 12.3. The molecule has 0 spiro atoms. The first-order valence-corrected chi connectivity index (χ1v) is 6.85. The van der Waals surface area contributed by atoms with Gasteiger partial charge in [-0.3, -0.25) is 10.1 Å². The molecule has 0 aliphatic heterocycles. The van der Waals surface area contributed by atoms with Crippen molar-refractivity contribution in [3.8, 4) is 0 Å². The van der Waals surface area contributed by atoms with Crippen LogP contribution in [-0.2, 0) is 9.47 Å². The molecule has 0 saturated carbocycles. The molecular weight excluding hydrogens is 276 g/mol. The predicted molar refractivity (Wildman–Crippen MR) is 78.2 cm³/mol. The summed E-state index contributed by atoms with van der Waals surface area (Å²) in [7, 11) is 1.63. The van der Waals surface area contributed by atoms with Crippen LogP contribution in [0.5, 0.6) is 0 Å². The zero-order chi connectivity index (χ0) is 15.5. The first-order valence-electron chi connectivity index (χ1n) is 6.85. The maximum atomic E-state index is 10.5. The number of aliphatic hydroxyl groups is 1. The van der Waals surface area contributed by atoms with Crippen molar-refractivity contribution in [1.82, 2.24) is 5.32 Å². The molecule has 1 aromatic rings. The van der Waals surface area contributed by atoms with E-state index < -0.39 is 11.0 Å². The maximum absolute atomic E-state index is 10.5.